The van der Waals surface area contributed by atoms with Crippen molar-refractivity contribution in [3.63, 3.8) is 0 Å². The van der Waals surface area contributed by atoms with Crippen molar-refractivity contribution < 1.29 is 5.11 Å². The highest BCUT2D eigenvalue weighted by Gasteiger charge is 2.36. The molecule has 0 amide bonds. The summed E-state index contributed by atoms with van der Waals surface area (Å²) in [5, 5.41) is 19.5. The highest BCUT2D eigenvalue weighted by molar-refractivity contribution is 5.37. The van der Waals surface area contributed by atoms with Crippen molar-refractivity contribution in [1.82, 2.24) is 4.90 Å². The molecule has 21 heavy (non-hydrogen) atoms. The Balaban J connectivity index is 1.77. The van der Waals surface area contributed by atoms with Crippen LogP contribution >= 0.6 is 0 Å². The van der Waals surface area contributed by atoms with E-state index in [-0.39, 0.29) is 6.10 Å². The molecule has 0 aromatic heterocycles. The maximum atomic E-state index is 10.2. The van der Waals surface area contributed by atoms with Crippen LogP contribution in [0.5, 0.6) is 0 Å². The van der Waals surface area contributed by atoms with Crippen molar-refractivity contribution >= 4 is 0 Å². The van der Waals surface area contributed by atoms with Crippen molar-refractivity contribution in [2.75, 3.05) is 6.54 Å². The zero-order chi connectivity index (χ0) is 14.7. The zero-order valence-electron chi connectivity index (χ0n) is 12.5. The fourth-order valence-corrected chi connectivity index (χ4v) is 4.10. The van der Waals surface area contributed by atoms with Gasteiger partial charge < -0.3 is 5.11 Å². The molecule has 0 bridgehead atoms. The molecular weight excluding hydrogens is 260 g/mol. The van der Waals surface area contributed by atoms with Crippen LogP contribution in [0.25, 0.3) is 0 Å². The minimum atomic E-state index is -0.123. The van der Waals surface area contributed by atoms with E-state index in [0.717, 1.165) is 43.5 Å². The van der Waals surface area contributed by atoms with Crippen LogP contribution in [0.1, 0.15) is 49.7 Å². The largest absolute Gasteiger partial charge is 0.393 e. The summed E-state index contributed by atoms with van der Waals surface area (Å²) in [4.78, 5) is 2.51. The molecule has 1 heterocycles. The van der Waals surface area contributed by atoms with Gasteiger partial charge in [-0.05, 0) is 43.9 Å². The summed E-state index contributed by atoms with van der Waals surface area (Å²) in [7, 11) is 0. The van der Waals surface area contributed by atoms with Crippen molar-refractivity contribution in [3.05, 3.63) is 35.4 Å². The van der Waals surface area contributed by atoms with Gasteiger partial charge in [0.15, 0.2) is 0 Å². The Labute approximate surface area is 127 Å². The number of hydrogen-bond acceptors (Lipinski definition) is 3. The van der Waals surface area contributed by atoms with Gasteiger partial charge in [-0.25, -0.2) is 0 Å². The molecule has 1 aromatic carbocycles. The summed E-state index contributed by atoms with van der Waals surface area (Å²) in [6.45, 7) is 1.94. The van der Waals surface area contributed by atoms with Crippen LogP contribution in [0.4, 0.5) is 0 Å². The van der Waals surface area contributed by atoms with E-state index in [9.17, 15) is 10.4 Å². The van der Waals surface area contributed by atoms with E-state index in [0.29, 0.717) is 12.0 Å². The molecule has 3 rings (SSSR count). The number of benzene rings is 1. The summed E-state index contributed by atoms with van der Waals surface area (Å²) < 4.78 is 0. The fourth-order valence-electron chi connectivity index (χ4n) is 4.10. The number of aliphatic hydroxyl groups excluding tert-OH is 1. The molecule has 3 nitrogen and oxygen atoms in total. The Morgan fingerprint density at radius 2 is 2.00 bits per heavy atom. The van der Waals surface area contributed by atoms with Gasteiger partial charge in [-0.3, -0.25) is 4.90 Å². The third-order valence-electron chi connectivity index (χ3n) is 5.20. The number of rotatable bonds is 3. The van der Waals surface area contributed by atoms with E-state index in [4.69, 9.17) is 0 Å². The first-order valence-corrected chi connectivity index (χ1v) is 8.19. The first kappa shape index (κ1) is 14.6. The number of nitriles is 1. The second-order valence-electron chi connectivity index (χ2n) is 6.46. The lowest BCUT2D eigenvalue weighted by Gasteiger charge is -2.40. The second kappa shape index (κ2) is 6.60. The van der Waals surface area contributed by atoms with Crippen LogP contribution in [0.2, 0.25) is 0 Å². The van der Waals surface area contributed by atoms with E-state index in [1.54, 1.807) is 0 Å². The summed E-state index contributed by atoms with van der Waals surface area (Å²) in [6, 6.07) is 10.7. The van der Waals surface area contributed by atoms with Gasteiger partial charge in [-0.15, -0.1) is 0 Å². The van der Waals surface area contributed by atoms with Crippen molar-refractivity contribution in [1.29, 1.82) is 5.26 Å². The molecule has 0 spiro atoms. The zero-order valence-corrected chi connectivity index (χ0v) is 12.5. The Hall–Kier alpha value is -1.37. The maximum absolute atomic E-state index is 10.2. The lowest BCUT2D eigenvalue weighted by atomic mass is 9.87. The average Bonchev–Trinajstić information content (AvgIpc) is 2.94. The van der Waals surface area contributed by atoms with Crippen LogP contribution < -0.4 is 0 Å². The second-order valence-corrected chi connectivity index (χ2v) is 6.46. The summed E-state index contributed by atoms with van der Waals surface area (Å²) in [6.07, 6.45) is 6.84. The third kappa shape index (κ3) is 3.12. The lowest BCUT2D eigenvalue weighted by Crippen LogP contribution is -2.45. The molecule has 3 unspecified atom stereocenters. The van der Waals surface area contributed by atoms with Gasteiger partial charge in [0.05, 0.1) is 17.7 Å². The van der Waals surface area contributed by atoms with Crippen LogP contribution in [0.15, 0.2) is 24.3 Å². The van der Waals surface area contributed by atoms with Crippen molar-refractivity contribution in [2.45, 2.75) is 57.2 Å². The predicted molar refractivity (Wildman–Crippen MR) is 82.6 cm³/mol. The molecule has 1 aliphatic carbocycles. The molecule has 2 fully saturated rings. The first-order chi connectivity index (χ1) is 10.3. The van der Waals surface area contributed by atoms with E-state index in [2.05, 4.69) is 17.0 Å². The minimum absolute atomic E-state index is 0.123. The number of hydrogen-bond donors (Lipinski definition) is 1. The summed E-state index contributed by atoms with van der Waals surface area (Å²) in [5.41, 5.74) is 1.91. The Bertz CT molecular complexity index is 522. The number of likely N-dealkylation sites (tertiary alicyclic amines) is 1. The average molecular weight is 284 g/mol. The number of aliphatic hydroxyl groups is 1. The lowest BCUT2D eigenvalue weighted by molar-refractivity contribution is 0.0312. The van der Waals surface area contributed by atoms with Gasteiger partial charge in [0.1, 0.15) is 0 Å². The van der Waals surface area contributed by atoms with Crippen molar-refractivity contribution in [2.24, 2.45) is 5.92 Å². The topological polar surface area (TPSA) is 47.3 Å². The molecule has 3 atom stereocenters. The van der Waals surface area contributed by atoms with Crippen molar-refractivity contribution in [3.8, 4) is 6.07 Å². The Kier molecular flexibility index (Phi) is 4.57. The van der Waals surface area contributed by atoms with Crippen LogP contribution in [-0.2, 0) is 6.54 Å². The highest BCUT2D eigenvalue weighted by Crippen LogP contribution is 2.35. The van der Waals surface area contributed by atoms with Gasteiger partial charge >= 0.3 is 0 Å². The standard InChI is InChI=1S/C18H24N2O/c19-12-14-6-1-2-7-15(14)13-20-11-4-3-9-17(20)16-8-5-10-18(16)21/h1-2,6-7,16-18,21H,3-5,8-11,13H2. The van der Waals surface area contributed by atoms with Crippen LogP contribution in [-0.4, -0.2) is 28.7 Å². The molecular formula is C18H24N2O. The summed E-state index contributed by atoms with van der Waals surface area (Å²) in [5.74, 6) is 0.430. The molecule has 1 saturated carbocycles. The van der Waals surface area contributed by atoms with Gasteiger partial charge in [0.2, 0.25) is 0 Å². The van der Waals surface area contributed by atoms with E-state index >= 15 is 0 Å². The number of piperidine rings is 1. The maximum Gasteiger partial charge on any atom is 0.0995 e. The Morgan fingerprint density at radius 1 is 1.14 bits per heavy atom. The van der Waals surface area contributed by atoms with E-state index in [1.807, 2.05) is 18.2 Å². The normalized spacial score (nSPS) is 30.2. The molecule has 1 aromatic rings. The fraction of sp³-hybridized carbons (Fsp3) is 0.611. The smallest absolute Gasteiger partial charge is 0.0995 e. The number of nitrogens with zero attached hydrogens (tertiary/aromatic N) is 2. The van der Waals surface area contributed by atoms with E-state index < -0.39 is 0 Å². The molecule has 112 valence electrons. The molecule has 1 aliphatic heterocycles. The molecule has 1 saturated heterocycles. The van der Waals surface area contributed by atoms with Gasteiger partial charge in [-0.2, -0.15) is 5.26 Å². The minimum Gasteiger partial charge on any atom is -0.393 e. The van der Waals surface area contributed by atoms with Gasteiger partial charge in [0, 0.05) is 18.5 Å². The predicted octanol–water partition coefficient (Wildman–Crippen LogP) is 3.07. The SMILES string of the molecule is N#Cc1ccccc1CN1CCCCC1C1CCCC1O. The Morgan fingerprint density at radius 3 is 2.76 bits per heavy atom. The van der Waals surface area contributed by atoms with E-state index in [1.165, 1.54) is 19.3 Å². The highest BCUT2D eigenvalue weighted by atomic mass is 16.3. The molecule has 3 heteroatoms. The third-order valence-corrected chi connectivity index (χ3v) is 5.20. The molecule has 0 radical (unpaired) electrons. The van der Waals surface area contributed by atoms with Crippen LogP contribution in [0.3, 0.4) is 0 Å². The van der Waals surface area contributed by atoms with Gasteiger partial charge in [0.25, 0.3) is 0 Å². The molecule has 2 aliphatic rings. The van der Waals surface area contributed by atoms with Crippen LogP contribution in [0, 0.1) is 17.2 Å². The monoisotopic (exact) mass is 284 g/mol. The quantitative estimate of drug-likeness (QED) is 0.928. The van der Waals surface area contributed by atoms with Gasteiger partial charge in [-0.1, -0.05) is 31.0 Å². The molecule has 1 N–H and O–H groups in total. The summed E-state index contributed by atoms with van der Waals surface area (Å²) >= 11 is 0. The first-order valence-electron chi connectivity index (χ1n) is 8.19.